The zero-order chi connectivity index (χ0) is 13.1. The molecule has 18 heavy (non-hydrogen) atoms. The summed E-state index contributed by atoms with van der Waals surface area (Å²) in [5, 5.41) is 0. The van der Waals surface area contributed by atoms with E-state index in [1.165, 1.54) is 0 Å². The van der Waals surface area contributed by atoms with E-state index in [9.17, 15) is 0 Å². The summed E-state index contributed by atoms with van der Waals surface area (Å²) in [7, 11) is 0. The van der Waals surface area contributed by atoms with Gasteiger partial charge in [0.15, 0.2) is 11.5 Å². The fraction of sp³-hybridized carbons (Fsp3) is 0.571. The average Bonchev–Trinajstić information content (AvgIpc) is 2.35. The molecule has 0 fully saturated rings. The third-order valence-electron chi connectivity index (χ3n) is 3.24. The Kier molecular flexibility index (Phi) is 3.97. The largest absolute Gasteiger partial charge is 0.486 e. The molecular weight excluding hydrogens is 230 g/mol. The molecule has 4 heteroatoms. The first-order valence-electron chi connectivity index (χ1n) is 6.37. The van der Waals surface area contributed by atoms with Crippen LogP contribution >= 0.6 is 0 Å². The Morgan fingerprint density at radius 2 is 1.78 bits per heavy atom. The molecule has 0 aromatic heterocycles. The molecule has 0 saturated carbocycles. The molecule has 1 aromatic carbocycles. The fourth-order valence-electron chi connectivity index (χ4n) is 1.69. The molecule has 1 aliphatic rings. The van der Waals surface area contributed by atoms with Crippen molar-refractivity contribution < 1.29 is 14.2 Å². The van der Waals surface area contributed by atoms with Crippen molar-refractivity contribution in [1.29, 1.82) is 0 Å². The number of nitrogen functional groups attached to an aromatic ring is 1. The maximum Gasteiger partial charge on any atom is 0.163 e. The number of benzene rings is 1. The number of hydrogen-bond acceptors (Lipinski definition) is 4. The topological polar surface area (TPSA) is 53.7 Å². The average molecular weight is 251 g/mol. The first-order valence-corrected chi connectivity index (χ1v) is 6.37. The van der Waals surface area contributed by atoms with Crippen LogP contribution in [0.4, 0.5) is 5.69 Å². The predicted octanol–water partition coefficient (Wildman–Crippen LogP) is 2.60. The minimum absolute atomic E-state index is 0.206. The van der Waals surface area contributed by atoms with Crippen LogP contribution < -0.4 is 15.2 Å². The van der Waals surface area contributed by atoms with Gasteiger partial charge in [-0.2, -0.15) is 0 Å². The van der Waals surface area contributed by atoms with Crippen LogP contribution in [0.1, 0.15) is 26.3 Å². The number of fused-ring (bicyclic) bond motifs is 1. The van der Waals surface area contributed by atoms with Gasteiger partial charge in [-0.1, -0.05) is 13.8 Å². The molecule has 1 aromatic rings. The van der Waals surface area contributed by atoms with Crippen LogP contribution in [0.2, 0.25) is 0 Å². The van der Waals surface area contributed by atoms with E-state index in [1.54, 1.807) is 0 Å². The lowest BCUT2D eigenvalue weighted by molar-refractivity contribution is 0.0236. The summed E-state index contributed by atoms with van der Waals surface area (Å²) < 4.78 is 16.8. The molecule has 0 bridgehead atoms. The van der Waals surface area contributed by atoms with Crippen molar-refractivity contribution in [2.24, 2.45) is 5.92 Å². The van der Waals surface area contributed by atoms with E-state index in [4.69, 9.17) is 19.9 Å². The summed E-state index contributed by atoms with van der Waals surface area (Å²) in [5.41, 5.74) is 7.63. The molecule has 0 spiro atoms. The Morgan fingerprint density at radius 1 is 1.17 bits per heavy atom. The highest BCUT2D eigenvalue weighted by atomic mass is 16.6. The van der Waals surface area contributed by atoms with Crippen LogP contribution in [0.15, 0.2) is 12.1 Å². The zero-order valence-corrected chi connectivity index (χ0v) is 11.2. The van der Waals surface area contributed by atoms with Gasteiger partial charge in [-0.25, -0.2) is 0 Å². The first kappa shape index (κ1) is 13.0. The summed E-state index contributed by atoms with van der Waals surface area (Å²) in [4.78, 5) is 0. The SMILES string of the molecule is CC(C)C(C)OCc1cc2c(cc1N)OCCO2. The highest BCUT2D eigenvalue weighted by Gasteiger charge is 2.15. The summed E-state index contributed by atoms with van der Waals surface area (Å²) in [5.74, 6) is 1.97. The van der Waals surface area contributed by atoms with E-state index in [2.05, 4.69) is 20.8 Å². The lowest BCUT2D eigenvalue weighted by atomic mass is 10.1. The Hall–Kier alpha value is -1.42. The van der Waals surface area contributed by atoms with Gasteiger partial charge in [0, 0.05) is 17.3 Å². The molecule has 0 amide bonds. The normalized spacial score (nSPS) is 15.8. The van der Waals surface area contributed by atoms with E-state index >= 15 is 0 Å². The summed E-state index contributed by atoms with van der Waals surface area (Å²) in [6, 6.07) is 3.73. The van der Waals surface area contributed by atoms with Crippen LogP contribution in [0, 0.1) is 5.92 Å². The Labute approximate surface area is 108 Å². The maximum absolute atomic E-state index is 5.99. The van der Waals surface area contributed by atoms with Gasteiger partial charge < -0.3 is 19.9 Å². The molecule has 1 unspecified atom stereocenters. The van der Waals surface area contributed by atoms with E-state index in [0.29, 0.717) is 31.4 Å². The van der Waals surface area contributed by atoms with Gasteiger partial charge in [-0.3, -0.25) is 0 Å². The van der Waals surface area contributed by atoms with Crippen LogP contribution in [0.5, 0.6) is 11.5 Å². The fourth-order valence-corrected chi connectivity index (χ4v) is 1.69. The van der Waals surface area contributed by atoms with E-state index < -0.39 is 0 Å². The van der Waals surface area contributed by atoms with E-state index in [-0.39, 0.29) is 6.10 Å². The number of ether oxygens (including phenoxy) is 3. The molecule has 0 saturated heterocycles. The molecule has 100 valence electrons. The Balaban J connectivity index is 2.08. The Morgan fingerprint density at radius 3 is 2.39 bits per heavy atom. The molecule has 1 heterocycles. The zero-order valence-electron chi connectivity index (χ0n) is 11.2. The van der Waals surface area contributed by atoms with Crippen LogP contribution in [-0.2, 0) is 11.3 Å². The highest BCUT2D eigenvalue weighted by Crippen LogP contribution is 2.34. The lowest BCUT2D eigenvalue weighted by Gasteiger charge is -2.21. The van der Waals surface area contributed by atoms with Gasteiger partial charge >= 0.3 is 0 Å². The van der Waals surface area contributed by atoms with Gasteiger partial charge in [0.1, 0.15) is 13.2 Å². The van der Waals surface area contributed by atoms with Crippen molar-refractivity contribution >= 4 is 5.69 Å². The van der Waals surface area contributed by atoms with Gasteiger partial charge in [0.2, 0.25) is 0 Å². The van der Waals surface area contributed by atoms with Crippen LogP contribution in [0.25, 0.3) is 0 Å². The van der Waals surface area contributed by atoms with Gasteiger partial charge in [0.05, 0.1) is 12.7 Å². The molecule has 4 nitrogen and oxygen atoms in total. The smallest absolute Gasteiger partial charge is 0.163 e. The van der Waals surface area contributed by atoms with Crippen molar-refractivity contribution in [1.82, 2.24) is 0 Å². The van der Waals surface area contributed by atoms with Crippen molar-refractivity contribution in [3.63, 3.8) is 0 Å². The number of rotatable bonds is 4. The minimum atomic E-state index is 0.206. The molecular formula is C14H21NO3. The first-order chi connectivity index (χ1) is 8.58. The quantitative estimate of drug-likeness (QED) is 0.836. The molecule has 1 atom stereocenters. The van der Waals surface area contributed by atoms with E-state index in [1.807, 2.05) is 12.1 Å². The molecule has 1 aliphatic heterocycles. The second kappa shape index (κ2) is 5.48. The van der Waals surface area contributed by atoms with Crippen LogP contribution in [0.3, 0.4) is 0 Å². The predicted molar refractivity (Wildman–Crippen MR) is 70.9 cm³/mol. The maximum atomic E-state index is 5.99. The van der Waals surface area contributed by atoms with E-state index in [0.717, 1.165) is 17.1 Å². The number of nitrogens with two attached hydrogens (primary N) is 1. The molecule has 0 radical (unpaired) electrons. The van der Waals surface area contributed by atoms with Crippen molar-refractivity contribution in [2.75, 3.05) is 18.9 Å². The summed E-state index contributed by atoms with van der Waals surface area (Å²) in [6.07, 6.45) is 0.206. The standard InChI is InChI=1S/C14H21NO3/c1-9(2)10(3)18-8-11-6-13-14(7-12(11)15)17-5-4-16-13/h6-7,9-10H,4-5,8,15H2,1-3H3. The van der Waals surface area contributed by atoms with Gasteiger partial charge in [0.25, 0.3) is 0 Å². The molecule has 2 rings (SSSR count). The van der Waals surface area contributed by atoms with Crippen molar-refractivity contribution in [3.8, 4) is 11.5 Å². The summed E-state index contributed by atoms with van der Waals surface area (Å²) in [6.45, 7) is 8.00. The number of hydrogen-bond donors (Lipinski definition) is 1. The third-order valence-corrected chi connectivity index (χ3v) is 3.24. The number of anilines is 1. The van der Waals surface area contributed by atoms with Gasteiger partial charge in [-0.05, 0) is 18.9 Å². The second-order valence-corrected chi connectivity index (χ2v) is 4.95. The Bertz CT molecular complexity index is 418. The minimum Gasteiger partial charge on any atom is -0.486 e. The van der Waals surface area contributed by atoms with Crippen molar-refractivity contribution in [3.05, 3.63) is 17.7 Å². The lowest BCUT2D eigenvalue weighted by Crippen LogP contribution is -2.17. The van der Waals surface area contributed by atoms with Crippen molar-refractivity contribution in [2.45, 2.75) is 33.5 Å². The molecule has 2 N–H and O–H groups in total. The summed E-state index contributed by atoms with van der Waals surface area (Å²) >= 11 is 0. The third kappa shape index (κ3) is 2.88. The molecule has 0 aliphatic carbocycles. The monoisotopic (exact) mass is 251 g/mol. The van der Waals surface area contributed by atoms with Gasteiger partial charge in [-0.15, -0.1) is 0 Å². The second-order valence-electron chi connectivity index (χ2n) is 4.95. The van der Waals surface area contributed by atoms with Crippen LogP contribution in [-0.4, -0.2) is 19.3 Å². The highest BCUT2D eigenvalue weighted by molar-refractivity contribution is 5.58.